The van der Waals surface area contributed by atoms with Gasteiger partial charge in [0.05, 0.1) is 19.3 Å². The number of aliphatic carboxylic acids is 1. The van der Waals surface area contributed by atoms with Crippen molar-refractivity contribution in [3.63, 3.8) is 0 Å². The van der Waals surface area contributed by atoms with Crippen molar-refractivity contribution in [1.82, 2.24) is 9.80 Å². The summed E-state index contributed by atoms with van der Waals surface area (Å²) in [5, 5.41) is 9.21. The van der Waals surface area contributed by atoms with Crippen molar-refractivity contribution in [2.24, 2.45) is 0 Å². The molecule has 0 spiro atoms. The Morgan fingerprint density at radius 1 is 1.38 bits per heavy atom. The van der Waals surface area contributed by atoms with Gasteiger partial charge in [-0.3, -0.25) is 0 Å². The topological polar surface area (TPSA) is 79.3 Å². The minimum atomic E-state index is -1.01. The highest BCUT2D eigenvalue weighted by Crippen LogP contribution is 2.18. The summed E-state index contributed by atoms with van der Waals surface area (Å²) < 4.78 is 10.9. The highest BCUT2D eigenvalue weighted by Gasteiger charge is 2.36. The minimum absolute atomic E-state index is 0.0602. The second kappa shape index (κ2) is 7.61. The van der Waals surface area contributed by atoms with E-state index in [1.807, 2.05) is 0 Å². The fourth-order valence-corrected chi connectivity index (χ4v) is 2.75. The molecule has 2 aliphatic rings. The molecule has 0 radical (unpaired) electrons. The Hall–Kier alpha value is -1.34. The van der Waals surface area contributed by atoms with Crippen LogP contribution in [0.5, 0.6) is 0 Å². The van der Waals surface area contributed by atoms with Crippen molar-refractivity contribution in [1.29, 1.82) is 0 Å². The number of rotatable bonds is 4. The van der Waals surface area contributed by atoms with E-state index >= 15 is 0 Å². The average molecular weight is 300 g/mol. The Kier molecular flexibility index (Phi) is 5.81. The number of amides is 2. The van der Waals surface area contributed by atoms with Crippen LogP contribution in [0, 0.1) is 0 Å². The van der Waals surface area contributed by atoms with Crippen LogP contribution in [0.4, 0.5) is 4.79 Å². The molecular weight excluding hydrogens is 276 g/mol. The van der Waals surface area contributed by atoms with Crippen LogP contribution < -0.4 is 0 Å². The van der Waals surface area contributed by atoms with Crippen LogP contribution in [0.3, 0.4) is 0 Å². The first kappa shape index (κ1) is 16.0. The van der Waals surface area contributed by atoms with Gasteiger partial charge in [0.25, 0.3) is 0 Å². The summed E-state index contributed by atoms with van der Waals surface area (Å²) in [7, 11) is 0. The summed E-state index contributed by atoms with van der Waals surface area (Å²) in [6, 6.07) is -1.10. The van der Waals surface area contributed by atoms with Gasteiger partial charge in [0.2, 0.25) is 0 Å². The highest BCUT2D eigenvalue weighted by atomic mass is 16.5. The van der Waals surface area contributed by atoms with E-state index in [1.165, 1.54) is 4.90 Å². The molecule has 120 valence electrons. The molecule has 7 heteroatoms. The van der Waals surface area contributed by atoms with Gasteiger partial charge in [0, 0.05) is 26.2 Å². The predicted molar refractivity (Wildman–Crippen MR) is 75.2 cm³/mol. The summed E-state index contributed by atoms with van der Waals surface area (Å²) in [5.41, 5.74) is 0. The first-order chi connectivity index (χ1) is 10.1. The van der Waals surface area contributed by atoms with E-state index in [0.717, 1.165) is 19.3 Å². The van der Waals surface area contributed by atoms with E-state index in [1.54, 1.807) is 4.90 Å². The van der Waals surface area contributed by atoms with Crippen LogP contribution in [0.15, 0.2) is 0 Å². The van der Waals surface area contributed by atoms with Crippen LogP contribution in [-0.2, 0) is 14.3 Å². The lowest BCUT2D eigenvalue weighted by molar-refractivity contribution is -0.147. The second-order valence-corrected chi connectivity index (χ2v) is 5.49. The van der Waals surface area contributed by atoms with Crippen LogP contribution >= 0.6 is 0 Å². The molecule has 7 nitrogen and oxygen atoms in total. The van der Waals surface area contributed by atoms with E-state index in [-0.39, 0.29) is 18.7 Å². The number of hydrogen-bond donors (Lipinski definition) is 1. The van der Waals surface area contributed by atoms with Crippen molar-refractivity contribution in [2.45, 2.75) is 38.3 Å². The number of nitrogens with zero attached hydrogens (tertiary/aromatic N) is 2. The Balaban J connectivity index is 1.95. The molecule has 0 saturated carbocycles. The number of morpholine rings is 1. The third kappa shape index (κ3) is 4.07. The lowest BCUT2D eigenvalue weighted by Crippen LogP contribution is -2.58. The number of piperidine rings is 1. The van der Waals surface area contributed by atoms with Crippen molar-refractivity contribution < 1.29 is 24.2 Å². The normalized spacial score (nSPS) is 26.7. The van der Waals surface area contributed by atoms with Gasteiger partial charge in [0.1, 0.15) is 0 Å². The number of carboxylic acids is 1. The maximum atomic E-state index is 12.6. The second-order valence-electron chi connectivity index (χ2n) is 5.49. The van der Waals surface area contributed by atoms with Gasteiger partial charge in [-0.2, -0.15) is 0 Å². The maximum Gasteiger partial charge on any atom is 0.328 e. The summed E-state index contributed by atoms with van der Waals surface area (Å²) in [6.45, 7) is 4.73. The fraction of sp³-hybridized carbons (Fsp3) is 0.857. The third-order valence-electron chi connectivity index (χ3n) is 3.87. The molecule has 2 saturated heterocycles. The van der Waals surface area contributed by atoms with Gasteiger partial charge in [0.15, 0.2) is 6.04 Å². The molecule has 0 aromatic carbocycles. The molecule has 0 bridgehead atoms. The van der Waals surface area contributed by atoms with Gasteiger partial charge >= 0.3 is 12.0 Å². The van der Waals surface area contributed by atoms with Crippen molar-refractivity contribution in [3.05, 3.63) is 0 Å². The number of ether oxygens (including phenoxy) is 2. The maximum absolute atomic E-state index is 12.6. The zero-order valence-corrected chi connectivity index (χ0v) is 12.5. The molecule has 2 rings (SSSR count). The van der Waals surface area contributed by atoms with Crippen LogP contribution in [0.1, 0.15) is 26.2 Å². The molecule has 21 heavy (non-hydrogen) atoms. The van der Waals surface area contributed by atoms with E-state index in [9.17, 15) is 14.7 Å². The molecule has 2 amide bonds. The summed E-state index contributed by atoms with van der Waals surface area (Å²) in [5.74, 6) is -1.01. The molecule has 2 fully saturated rings. The number of hydrogen-bond acceptors (Lipinski definition) is 4. The number of carboxylic acid groups (broad SMARTS) is 1. The number of carbonyl (C=O) groups is 2. The molecule has 2 heterocycles. The van der Waals surface area contributed by atoms with Crippen molar-refractivity contribution >= 4 is 12.0 Å². The largest absolute Gasteiger partial charge is 0.480 e. The van der Waals surface area contributed by atoms with E-state index in [0.29, 0.717) is 32.8 Å². The Bertz CT molecular complexity index is 376. The predicted octanol–water partition coefficient (Wildman–Crippen LogP) is 0.783. The summed E-state index contributed by atoms with van der Waals surface area (Å²) in [4.78, 5) is 26.9. The zero-order chi connectivity index (χ0) is 15.2. The summed E-state index contributed by atoms with van der Waals surface area (Å²) in [6.07, 6.45) is 2.86. The van der Waals surface area contributed by atoms with Crippen LogP contribution in [0.25, 0.3) is 0 Å². The Labute approximate surface area is 124 Å². The van der Waals surface area contributed by atoms with Crippen LogP contribution in [0.2, 0.25) is 0 Å². The Morgan fingerprint density at radius 3 is 2.90 bits per heavy atom. The smallest absolute Gasteiger partial charge is 0.328 e. The third-order valence-corrected chi connectivity index (χ3v) is 3.87. The van der Waals surface area contributed by atoms with Gasteiger partial charge < -0.3 is 24.4 Å². The van der Waals surface area contributed by atoms with Crippen LogP contribution in [-0.4, -0.2) is 78.5 Å². The molecular formula is C14H24N2O5. The number of urea groups is 1. The molecule has 0 aromatic heterocycles. The van der Waals surface area contributed by atoms with E-state index in [4.69, 9.17) is 9.47 Å². The van der Waals surface area contributed by atoms with Gasteiger partial charge in [-0.05, 0) is 19.3 Å². The van der Waals surface area contributed by atoms with Gasteiger partial charge in [-0.1, -0.05) is 6.92 Å². The standard InChI is InChI=1S/C14H24N2O5/c1-2-7-21-11-4-3-5-15(9-11)14(19)16-6-8-20-10-12(16)13(17)18/h11-12H,2-10H2,1H3,(H,17,18). The monoisotopic (exact) mass is 300 g/mol. The molecule has 2 atom stereocenters. The molecule has 2 unspecified atom stereocenters. The van der Waals surface area contributed by atoms with Gasteiger partial charge in [-0.15, -0.1) is 0 Å². The SMILES string of the molecule is CCCOC1CCCN(C(=O)N2CCOCC2C(=O)O)C1. The lowest BCUT2D eigenvalue weighted by Gasteiger charge is -2.39. The number of likely N-dealkylation sites (tertiary alicyclic amines) is 1. The Morgan fingerprint density at radius 2 is 2.19 bits per heavy atom. The fourth-order valence-electron chi connectivity index (χ4n) is 2.75. The average Bonchev–Trinajstić information content (AvgIpc) is 2.52. The highest BCUT2D eigenvalue weighted by molar-refractivity contribution is 5.83. The van der Waals surface area contributed by atoms with Gasteiger partial charge in [-0.25, -0.2) is 9.59 Å². The van der Waals surface area contributed by atoms with E-state index < -0.39 is 12.0 Å². The van der Waals surface area contributed by atoms with Crippen molar-refractivity contribution in [3.8, 4) is 0 Å². The van der Waals surface area contributed by atoms with E-state index in [2.05, 4.69) is 6.92 Å². The summed E-state index contributed by atoms with van der Waals surface area (Å²) >= 11 is 0. The molecule has 0 aliphatic carbocycles. The number of carbonyl (C=O) groups excluding carboxylic acids is 1. The van der Waals surface area contributed by atoms with Crippen molar-refractivity contribution in [2.75, 3.05) is 39.5 Å². The first-order valence-electron chi connectivity index (χ1n) is 7.61. The zero-order valence-electron chi connectivity index (χ0n) is 12.5. The first-order valence-corrected chi connectivity index (χ1v) is 7.61. The molecule has 2 aliphatic heterocycles. The quantitative estimate of drug-likeness (QED) is 0.830. The lowest BCUT2D eigenvalue weighted by atomic mass is 10.1. The molecule has 0 aromatic rings. The molecule has 1 N–H and O–H groups in total. The minimum Gasteiger partial charge on any atom is -0.480 e.